The van der Waals surface area contributed by atoms with Crippen molar-refractivity contribution in [3.05, 3.63) is 60.2 Å². The second-order valence-electron chi connectivity index (χ2n) is 4.05. The Labute approximate surface area is 127 Å². The summed E-state index contributed by atoms with van der Waals surface area (Å²) in [6, 6.07) is 10.4. The van der Waals surface area contributed by atoms with E-state index in [0.29, 0.717) is 23.7 Å². The molecule has 0 amide bonds. The number of pyridine rings is 2. The highest BCUT2D eigenvalue weighted by Gasteiger charge is 2.07. The average Bonchev–Trinajstić information content (AvgIpc) is 2.60. The molecule has 2 aromatic heterocycles. The summed E-state index contributed by atoms with van der Waals surface area (Å²) >= 11 is 0. The summed E-state index contributed by atoms with van der Waals surface area (Å²) in [4.78, 5) is 28.1. The van der Waals surface area contributed by atoms with E-state index >= 15 is 0 Å². The molecular formula is C16H12N4O2. The van der Waals surface area contributed by atoms with E-state index in [9.17, 15) is 9.59 Å². The molecule has 22 heavy (non-hydrogen) atoms. The molecular weight excluding hydrogens is 280 g/mol. The van der Waals surface area contributed by atoms with Gasteiger partial charge in [0.25, 0.3) is 0 Å². The van der Waals surface area contributed by atoms with Crippen LogP contribution in [-0.2, 0) is 9.59 Å². The molecule has 0 aliphatic carbocycles. The quantitative estimate of drug-likeness (QED) is 0.795. The third kappa shape index (κ3) is 4.95. The number of aromatic nitrogens is 2. The molecule has 0 aliphatic heterocycles. The number of hydrogen-bond acceptors (Lipinski definition) is 6. The maximum Gasteiger partial charge on any atom is 0.141 e. The van der Waals surface area contributed by atoms with Crippen LogP contribution < -0.4 is 0 Å². The van der Waals surface area contributed by atoms with Crippen molar-refractivity contribution in [3.8, 4) is 12.1 Å². The summed E-state index contributed by atoms with van der Waals surface area (Å²) < 4.78 is 0. The summed E-state index contributed by atoms with van der Waals surface area (Å²) in [5, 5.41) is 17.0. The minimum absolute atomic E-state index is 0.620. The van der Waals surface area contributed by atoms with Crippen molar-refractivity contribution < 1.29 is 9.59 Å². The van der Waals surface area contributed by atoms with Gasteiger partial charge >= 0.3 is 0 Å². The lowest BCUT2D eigenvalue weighted by molar-refractivity contribution is -0.108. The first kappa shape index (κ1) is 16.7. The normalized spacial score (nSPS) is 11.5. The first-order valence-corrected chi connectivity index (χ1v) is 6.26. The average molecular weight is 292 g/mol. The van der Waals surface area contributed by atoms with Crippen molar-refractivity contribution in [3.63, 3.8) is 0 Å². The molecule has 2 atom stereocenters. The fraction of sp³-hybridized carbons (Fsp3) is 0.125. The lowest BCUT2D eigenvalue weighted by atomic mass is 10.0. The molecule has 0 N–H and O–H groups in total. The molecule has 0 spiro atoms. The molecule has 2 heterocycles. The molecule has 0 saturated heterocycles. The standard InChI is InChI=1S/2C8H6N2O/c2*9-5-8(6-11)7-1-3-10-4-2-7/h2*1-4,6,8H. The van der Waals surface area contributed by atoms with Crippen molar-refractivity contribution in [2.75, 3.05) is 0 Å². The highest BCUT2D eigenvalue weighted by molar-refractivity contribution is 5.66. The van der Waals surface area contributed by atoms with Crippen LogP contribution in [0.2, 0.25) is 0 Å². The molecule has 2 rings (SSSR count). The predicted octanol–water partition coefficient (Wildman–Crippen LogP) is 1.78. The Morgan fingerprint density at radius 3 is 1.32 bits per heavy atom. The van der Waals surface area contributed by atoms with Crippen LogP contribution in [0.15, 0.2) is 49.1 Å². The summed E-state index contributed by atoms with van der Waals surface area (Å²) in [5.41, 5.74) is 1.38. The van der Waals surface area contributed by atoms with Gasteiger partial charge in [0.2, 0.25) is 0 Å². The fourth-order valence-electron chi connectivity index (χ4n) is 1.51. The van der Waals surface area contributed by atoms with Gasteiger partial charge in [0.05, 0.1) is 12.1 Å². The van der Waals surface area contributed by atoms with Crippen molar-refractivity contribution in [1.29, 1.82) is 10.5 Å². The van der Waals surface area contributed by atoms with E-state index in [4.69, 9.17) is 10.5 Å². The van der Waals surface area contributed by atoms with Crippen molar-refractivity contribution in [1.82, 2.24) is 9.97 Å². The Morgan fingerprint density at radius 1 is 0.773 bits per heavy atom. The summed E-state index contributed by atoms with van der Waals surface area (Å²) in [5.74, 6) is -1.31. The highest BCUT2D eigenvalue weighted by Crippen LogP contribution is 2.10. The molecule has 0 aliphatic rings. The highest BCUT2D eigenvalue weighted by atomic mass is 16.1. The second kappa shape index (κ2) is 9.51. The number of nitrogens with zero attached hydrogens (tertiary/aromatic N) is 4. The number of rotatable bonds is 4. The van der Waals surface area contributed by atoms with E-state index in [-0.39, 0.29) is 0 Å². The predicted molar refractivity (Wildman–Crippen MR) is 77.3 cm³/mol. The molecule has 0 radical (unpaired) electrons. The van der Waals surface area contributed by atoms with Crippen LogP contribution in [0.5, 0.6) is 0 Å². The second-order valence-corrected chi connectivity index (χ2v) is 4.05. The molecule has 6 nitrogen and oxygen atoms in total. The minimum Gasteiger partial charge on any atom is -0.302 e. The van der Waals surface area contributed by atoms with Crippen LogP contribution in [0.3, 0.4) is 0 Å². The first-order valence-electron chi connectivity index (χ1n) is 6.26. The minimum atomic E-state index is -0.655. The third-order valence-electron chi connectivity index (χ3n) is 2.68. The Bertz CT molecular complexity index is 613. The van der Waals surface area contributed by atoms with Crippen molar-refractivity contribution in [2.24, 2.45) is 0 Å². The van der Waals surface area contributed by atoms with Gasteiger partial charge in [0.1, 0.15) is 24.4 Å². The van der Waals surface area contributed by atoms with Crippen molar-refractivity contribution >= 4 is 12.6 Å². The Hall–Kier alpha value is -3.38. The van der Waals surface area contributed by atoms with Gasteiger partial charge in [0, 0.05) is 24.8 Å². The number of aldehydes is 2. The van der Waals surface area contributed by atoms with Crippen LogP contribution in [0.1, 0.15) is 23.0 Å². The monoisotopic (exact) mass is 292 g/mol. The topological polar surface area (TPSA) is 107 Å². The SMILES string of the molecule is N#CC(C=O)c1ccncc1.N#CC(C=O)c1ccncc1. The lowest BCUT2D eigenvalue weighted by Crippen LogP contribution is -1.95. The molecule has 0 fully saturated rings. The maximum atomic E-state index is 10.3. The summed E-state index contributed by atoms with van der Waals surface area (Å²) in [7, 11) is 0. The van der Waals surface area contributed by atoms with E-state index in [2.05, 4.69) is 9.97 Å². The molecule has 0 aromatic carbocycles. The summed E-state index contributed by atoms with van der Waals surface area (Å²) in [6.45, 7) is 0. The zero-order valence-corrected chi connectivity index (χ0v) is 11.5. The van der Waals surface area contributed by atoms with Gasteiger partial charge in [-0.1, -0.05) is 0 Å². The van der Waals surface area contributed by atoms with E-state index < -0.39 is 11.8 Å². The number of hydrogen-bond donors (Lipinski definition) is 0. The Kier molecular flexibility index (Phi) is 7.21. The maximum absolute atomic E-state index is 10.3. The summed E-state index contributed by atoms with van der Waals surface area (Å²) in [6.07, 6.45) is 7.48. The Balaban J connectivity index is 0.000000220. The fourth-order valence-corrected chi connectivity index (χ4v) is 1.51. The van der Waals surface area contributed by atoms with Crippen LogP contribution in [0, 0.1) is 22.7 Å². The van der Waals surface area contributed by atoms with Gasteiger partial charge in [0.15, 0.2) is 0 Å². The zero-order chi connectivity index (χ0) is 16.2. The Morgan fingerprint density at radius 2 is 1.09 bits per heavy atom. The number of carbonyl (C=O) groups is 2. The molecule has 2 unspecified atom stereocenters. The van der Waals surface area contributed by atoms with Gasteiger partial charge < -0.3 is 9.59 Å². The number of nitriles is 2. The van der Waals surface area contributed by atoms with E-state index in [1.165, 1.54) is 0 Å². The van der Waals surface area contributed by atoms with E-state index in [1.807, 2.05) is 12.1 Å². The molecule has 6 heteroatoms. The molecule has 108 valence electrons. The van der Waals surface area contributed by atoms with Crippen LogP contribution in [0.25, 0.3) is 0 Å². The van der Waals surface area contributed by atoms with Crippen LogP contribution in [-0.4, -0.2) is 22.5 Å². The van der Waals surface area contributed by atoms with Gasteiger partial charge in [-0.05, 0) is 35.4 Å². The zero-order valence-electron chi connectivity index (χ0n) is 11.5. The third-order valence-corrected chi connectivity index (χ3v) is 2.68. The molecule has 2 aromatic rings. The largest absolute Gasteiger partial charge is 0.302 e. The molecule has 0 bridgehead atoms. The van der Waals surface area contributed by atoms with E-state index in [0.717, 1.165) is 0 Å². The van der Waals surface area contributed by atoms with Gasteiger partial charge in [-0.2, -0.15) is 10.5 Å². The smallest absolute Gasteiger partial charge is 0.141 e. The van der Waals surface area contributed by atoms with Gasteiger partial charge in [-0.15, -0.1) is 0 Å². The van der Waals surface area contributed by atoms with Crippen molar-refractivity contribution in [2.45, 2.75) is 11.8 Å². The van der Waals surface area contributed by atoms with Gasteiger partial charge in [-0.3, -0.25) is 9.97 Å². The van der Waals surface area contributed by atoms with Crippen LogP contribution in [0.4, 0.5) is 0 Å². The number of carbonyl (C=O) groups excluding carboxylic acids is 2. The first-order chi connectivity index (χ1) is 10.8. The van der Waals surface area contributed by atoms with Crippen LogP contribution >= 0.6 is 0 Å². The lowest BCUT2D eigenvalue weighted by Gasteiger charge is -1.97. The van der Waals surface area contributed by atoms with E-state index in [1.54, 1.807) is 49.1 Å². The molecule has 0 saturated carbocycles. The van der Waals surface area contributed by atoms with Gasteiger partial charge in [-0.25, -0.2) is 0 Å².